The van der Waals surface area contributed by atoms with E-state index in [0.717, 1.165) is 11.1 Å². The number of hydrogen-bond donors (Lipinski definition) is 0. The van der Waals surface area contributed by atoms with Crippen molar-refractivity contribution >= 4 is 11.9 Å². The lowest BCUT2D eigenvalue weighted by Gasteiger charge is -2.37. The summed E-state index contributed by atoms with van der Waals surface area (Å²) in [6.45, 7) is 1.07. The molecule has 3 rings (SSSR count). The van der Waals surface area contributed by atoms with Gasteiger partial charge >= 0.3 is 6.03 Å². The summed E-state index contributed by atoms with van der Waals surface area (Å²) in [7, 11) is 3.71. The van der Waals surface area contributed by atoms with Crippen LogP contribution in [0.1, 0.15) is 23.6 Å². The molecule has 3 amide bonds. The van der Waals surface area contributed by atoms with Crippen LogP contribution < -0.4 is 0 Å². The zero-order valence-electron chi connectivity index (χ0n) is 15.6. The Morgan fingerprint density at radius 1 is 1.07 bits per heavy atom. The van der Waals surface area contributed by atoms with Crippen LogP contribution in [0.25, 0.3) is 0 Å². The maximum Gasteiger partial charge on any atom is 0.327 e. The number of imide groups is 1. The highest BCUT2D eigenvalue weighted by atomic mass is 19.1. The minimum absolute atomic E-state index is 0.187. The maximum atomic E-state index is 13.7. The Labute approximate surface area is 159 Å². The lowest BCUT2D eigenvalue weighted by Crippen LogP contribution is -2.53. The van der Waals surface area contributed by atoms with E-state index in [9.17, 15) is 14.0 Å². The normalized spacial score (nSPS) is 16.1. The third-order valence-electron chi connectivity index (χ3n) is 4.83. The van der Waals surface area contributed by atoms with Gasteiger partial charge in [0, 0.05) is 19.5 Å². The number of hydrogen-bond acceptors (Lipinski definition) is 3. The molecule has 0 spiro atoms. The lowest BCUT2D eigenvalue weighted by molar-refractivity contribution is -0.131. The highest BCUT2D eigenvalue weighted by Gasteiger charge is 2.34. The fourth-order valence-electron chi connectivity index (χ4n) is 3.32. The van der Waals surface area contributed by atoms with Gasteiger partial charge in [-0.1, -0.05) is 42.5 Å². The van der Waals surface area contributed by atoms with Gasteiger partial charge in [0.2, 0.25) is 5.91 Å². The van der Waals surface area contributed by atoms with Gasteiger partial charge in [0.15, 0.2) is 0 Å². The Morgan fingerprint density at radius 3 is 2.48 bits per heavy atom. The second kappa shape index (κ2) is 8.31. The third kappa shape index (κ3) is 4.52. The standard InChI is InChI=1S/C21H24FN3O2/c1-23(2)19(17-9-6-10-18(22)13-17)15-25-20(26)11-12-24(21(25)27)14-16-7-4-3-5-8-16/h3-10,13,19H,11-12,14-15H2,1-2H3. The van der Waals surface area contributed by atoms with Gasteiger partial charge in [-0.05, 0) is 37.4 Å². The summed E-state index contributed by atoms with van der Waals surface area (Å²) < 4.78 is 13.7. The quantitative estimate of drug-likeness (QED) is 0.785. The first kappa shape index (κ1) is 19.0. The van der Waals surface area contributed by atoms with E-state index in [1.807, 2.05) is 55.4 Å². The summed E-state index contributed by atoms with van der Waals surface area (Å²) in [6.07, 6.45) is 0.294. The molecule has 1 fully saturated rings. The van der Waals surface area contributed by atoms with Crippen LogP contribution in [0.5, 0.6) is 0 Å². The van der Waals surface area contributed by atoms with Crippen molar-refractivity contribution in [1.29, 1.82) is 0 Å². The molecule has 0 aromatic heterocycles. The van der Waals surface area contributed by atoms with Crippen LogP contribution in [0.3, 0.4) is 0 Å². The predicted octanol–water partition coefficient (Wildman–Crippen LogP) is 3.28. The highest BCUT2D eigenvalue weighted by molar-refractivity contribution is 5.96. The summed E-state index contributed by atoms with van der Waals surface area (Å²) in [5, 5.41) is 0. The fourth-order valence-corrected chi connectivity index (χ4v) is 3.32. The molecular formula is C21H24FN3O2. The van der Waals surface area contributed by atoms with Crippen molar-refractivity contribution in [3.63, 3.8) is 0 Å². The van der Waals surface area contributed by atoms with Crippen LogP contribution in [0, 0.1) is 5.82 Å². The van der Waals surface area contributed by atoms with E-state index in [-0.39, 0.29) is 30.3 Å². The van der Waals surface area contributed by atoms with Crippen molar-refractivity contribution in [2.45, 2.75) is 19.0 Å². The molecule has 0 bridgehead atoms. The van der Waals surface area contributed by atoms with Gasteiger partial charge < -0.3 is 9.80 Å². The highest BCUT2D eigenvalue weighted by Crippen LogP contribution is 2.23. The number of urea groups is 1. The first-order chi connectivity index (χ1) is 13.0. The number of carbonyl (C=O) groups excluding carboxylic acids is 2. The van der Waals surface area contributed by atoms with E-state index in [1.54, 1.807) is 11.0 Å². The number of benzene rings is 2. The largest absolute Gasteiger partial charge is 0.327 e. The monoisotopic (exact) mass is 369 g/mol. The van der Waals surface area contributed by atoms with Crippen molar-refractivity contribution in [3.8, 4) is 0 Å². The first-order valence-electron chi connectivity index (χ1n) is 9.01. The van der Waals surface area contributed by atoms with Crippen molar-refractivity contribution in [1.82, 2.24) is 14.7 Å². The Balaban J connectivity index is 1.78. The Morgan fingerprint density at radius 2 is 1.81 bits per heavy atom. The summed E-state index contributed by atoms with van der Waals surface area (Å²) in [6, 6.07) is 15.4. The van der Waals surface area contributed by atoms with Gasteiger partial charge in [-0.2, -0.15) is 0 Å². The molecule has 1 aliphatic rings. The molecule has 27 heavy (non-hydrogen) atoms. The van der Waals surface area contributed by atoms with E-state index in [1.165, 1.54) is 17.0 Å². The summed E-state index contributed by atoms with van der Waals surface area (Å²) in [4.78, 5) is 30.3. The number of amides is 3. The van der Waals surface area contributed by atoms with Gasteiger partial charge in [-0.3, -0.25) is 9.69 Å². The molecule has 1 unspecified atom stereocenters. The molecule has 1 aliphatic heterocycles. The number of nitrogens with zero attached hydrogens (tertiary/aromatic N) is 3. The first-order valence-corrected chi connectivity index (χ1v) is 9.01. The maximum absolute atomic E-state index is 13.7. The topological polar surface area (TPSA) is 43.9 Å². The summed E-state index contributed by atoms with van der Waals surface area (Å²) in [5.41, 5.74) is 1.76. The van der Waals surface area contributed by atoms with Crippen molar-refractivity contribution in [2.24, 2.45) is 0 Å². The second-order valence-electron chi connectivity index (χ2n) is 6.98. The number of likely N-dealkylation sites (N-methyl/N-ethyl adjacent to an activating group) is 1. The molecule has 1 atom stereocenters. The van der Waals surface area contributed by atoms with Gasteiger partial charge in [-0.15, -0.1) is 0 Å². The van der Waals surface area contributed by atoms with Crippen molar-refractivity contribution in [3.05, 3.63) is 71.5 Å². The van der Waals surface area contributed by atoms with Crippen molar-refractivity contribution in [2.75, 3.05) is 27.2 Å². The molecular weight excluding hydrogens is 345 g/mol. The number of carbonyl (C=O) groups is 2. The van der Waals surface area contributed by atoms with Gasteiger partial charge in [0.25, 0.3) is 0 Å². The Hall–Kier alpha value is -2.73. The van der Waals surface area contributed by atoms with E-state index in [4.69, 9.17) is 0 Å². The third-order valence-corrected chi connectivity index (χ3v) is 4.83. The zero-order chi connectivity index (χ0) is 19.4. The predicted molar refractivity (Wildman–Crippen MR) is 101 cm³/mol. The van der Waals surface area contributed by atoms with Crippen LogP contribution in [-0.2, 0) is 11.3 Å². The van der Waals surface area contributed by atoms with E-state index in [0.29, 0.717) is 19.5 Å². The van der Waals surface area contributed by atoms with Crippen molar-refractivity contribution < 1.29 is 14.0 Å². The SMILES string of the molecule is CN(C)C(CN1C(=O)CCN(Cc2ccccc2)C1=O)c1cccc(F)c1. The molecule has 1 saturated heterocycles. The molecule has 0 N–H and O–H groups in total. The number of halogens is 1. The number of rotatable bonds is 6. The van der Waals surface area contributed by atoms with Gasteiger partial charge in [0.1, 0.15) is 5.82 Å². The fraction of sp³-hybridized carbons (Fsp3) is 0.333. The van der Waals surface area contributed by atoms with E-state index < -0.39 is 0 Å². The smallest absolute Gasteiger partial charge is 0.319 e. The molecule has 1 heterocycles. The molecule has 6 heteroatoms. The molecule has 2 aromatic rings. The molecule has 0 saturated carbocycles. The van der Waals surface area contributed by atoms with Crippen LogP contribution in [0.15, 0.2) is 54.6 Å². The summed E-state index contributed by atoms with van der Waals surface area (Å²) in [5.74, 6) is -0.520. The van der Waals surface area contributed by atoms with Crippen LogP contribution in [-0.4, -0.2) is 53.8 Å². The van der Waals surface area contributed by atoms with E-state index >= 15 is 0 Å². The average molecular weight is 369 g/mol. The molecule has 2 aromatic carbocycles. The molecule has 142 valence electrons. The zero-order valence-corrected chi connectivity index (χ0v) is 15.6. The van der Waals surface area contributed by atoms with Crippen LogP contribution in [0.2, 0.25) is 0 Å². The van der Waals surface area contributed by atoms with Gasteiger partial charge in [-0.25, -0.2) is 9.18 Å². The molecule has 0 radical (unpaired) electrons. The van der Waals surface area contributed by atoms with Gasteiger partial charge in [0.05, 0.1) is 12.6 Å². The molecule has 0 aliphatic carbocycles. The minimum atomic E-state index is -0.332. The van der Waals surface area contributed by atoms with E-state index in [2.05, 4.69) is 0 Å². The van der Waals surface area contributed by atoms with Crippen LogP contribution >= 0.6 is 0 Å². The average Bonchev–Trinajstić information content (AvgIpc) is 2.64. The molecule has 5 nitrogen and oxygen atoms in total. The Kier molecular flexibility index (Phi) is 5.86. The second-order valence-corrected chi connectivity index (χ2v) is 6.98. The Bertz CT molecular complexity index is 810. The summed E-state index contributed by atoms with van der Waals surface area (Å²) >= 11 is 0. The minimum Gasteiger partial charge on any atom is -0.319 e. The van der Waals surface area contributed by atoms with Crippen LogP contribution in [0.4, 0.5) is 9.18 Å². The lowest BCUT2D eigenvalue weighted by atomic mass is 10.0.